The molecule has 0 bridgehead atoms. The molecule has 1 rings (SSSR count). The van der Waals surface area contributed by atoms with Gasteiger partial charge >= 0.3 is 11.9 Å². The van der Waals surface area contributed by atoms with Gasteiger partial charge in [0.25, 0.3) is 0 Å². The van der Waals surface area contributed by atoms with Crippen LogP contribution in [0.3, 0.4) is 0 Å². The van der Waals surface area contributed by atoms with Gasteiger partial charge in [0, 0.05) is 0 Å². The summed E-state index contributed by atoms with van der Waals surface area (Å²) in [6.07, 6.45) is 28.3. The summed E-state index contributed by atoms with van der Waals surface area (Å²) in [4.78, 5) is 23.5. The van der Waals surface area contributed by atoms with Crippen molar-refractivity contribution in [3.63, 3.8) is 0 Å². The smallest absolute Gasteiger partial charge is 0.309 e. The SMILES string of the molecule is CC/C=C/CCCCCCCCCCCCCCCCOC(=O)C1CCCCC1C(=O)O. The quantitative estimate of drug-likeness (QED) is 0.115. The molecule has 32 heavy (non-hydrogen) atoms. The Morgan fingerprint density at radius 3 is 1.69 bits per heavy atom. The molecule has 2 unspecified atom stereocenters. The average molecular weight is 451 g/mol. The van der Waals surface area contributed by atoms with Crippen LogP contribution in [-0.4, -0.2) is 23.7 Å². The van der Waals surface area contributed by atoms with Gasteiger partial charge in [-0.15, -0.1) is 0 Å². The third kappa shape index (κ3) is 14.7. The van der Waals surface area contributed by atoms with Gasteiger partial charge < -0.3 is 9.84 Å². The molecule has 1 fully saturated rings. The molecule has 0 aromatic heterocycles. The molecule has 0 radical (unpaired) electrons. The summed E-state index contributed by atoms with van der Waals surface area (Å²) >= 11 is 0. The molecule has 0 aliphatic heterocycles. The predicted octanol–water partition coefficient (Wildman–Crippen LogP) is 8.24. The topological polar surface area (TPSA) is 63.6 Å². The maximum atomic E-state index is 12.2. The summed E-state index contributed by atoms with van der Waals surface area (Å²) in [5.74, 6) is -2.12. The van der Waals surface area contributed by atoms with Crippen LogP contribution in [0.5, 0.6) is 0 Å². The van der Waals surface area contributed by atoms with E-state index < -0.39 is 17.8 Å². The highest BCUT2D eigenvalue weighted by Crippen LogP contribution is 2.31. The maximum absolute atomic E-state index is 12.2. The van der Waals surface area contributed by atoms with Gasteiger partial charge in [0.15, 0.2) is 0 Å². The van der Waals surface area contributed by atoms with E-state index in [-0.39, 0.29) is 5.97 Å². The molecule has 1 aliphatic rings. The molecule has 0 aromatic carbocycles. The van der Waals surface area contributed by atoms with Gasteiger partial charge in [0.2, 0.25) is 0 Å². The summed E-state index contributed by atoms with van der Waals surface area (Å²) in [6.45, 7) is 2.63. The Balaban J connectivity index is 1.82. The highest BCUT2D eigenvalue weighted by atomic mass is 16.5. The molecule has 0 aromatic rings. The Hall–Kier alpha value is -1.32. The summed E-state index contributed by atoms with van der Waals surface area (Å²) < 4.78 is 5.39. The lowest BCUT2D eigenvalue weighted by Gasteiger charge is -2.26. The number of allylic oxidation sites excluding steroid dienone is 2. The van der Waals surface area contributed by atoms with Crippen molar-refractivity contribution >= 4 is 11.9 Å². The van der Waals surface area contributed by atoms with E-state index in [1.807, 2.05) is 0 Å². The zero-order chi connectivity index (χ0) is 23.3. The highest BCUT2D eigenvalue weighted by molar-refractivity contribution is 5.81. The second-order valence-electron chi connectivity index (χ2n) is 9.62. The number of unbranched alkanes of at least 4 members (excludes halogenated alkanes) is 14. The van der Waals surface area contributed by atoms with Crippen LogP contribution < -0.4 is 0 Å². The van der Waals surface area contributed by atoms with E-state index in [4.69, 9.17) is 4.74 Å². The molecule has 1 N–H and O–H groups in total. The molecule has 2 atom stereocenters. The van der Waals surface area contributed by atoms with E-state index in [1.54, 1.807) is 0 Å². The van der Waals surface area contributed by atoms with Crippen LogP contribution in [0.4, 0.5) is 0 Å². The van der Waals surface area contributed by atoms with E-state index in [1.165, 1.54) is 83.5 Å². The van der Waals surface area contributed by atoms with Gasteiger partial charge in [-0.2, -0.15) is 0 Å². The minimum atomic E-state index is -0.849. The normalized spacial score (nSPS) is 18.8. The number of carbonyl (C=O) groups is 2. The Morgan fingerprint density at radius 2 is 1.19 bits per heavy atom. The van der Waals surface area contributed by atoms with E-state index in [2.05, 4.69) is 19.1 Å². The molecule has 1 saturated carbocycles. The number of rotatable bonds is 20. The lowest BCUT2D eigenvalue weighted by Crippen LogP contribution is -2.33. The van der Waals surface area contributed by atoms with Crippen LogP contribution >= 0.6 is 0 Å². The van der Waals surface area contributed by atoms with E-state index in [9.17, 15) is 14.7 Å². The Labute approximate surface area is 197 Å². The predicted molar refractivity (Wildman–Crippen MR) is 133 cm³/mol. The summed E-state index contributed by atoms with van der Waals surface area (Å²) in [5, 5.41) is 9.28. The van der Waals surface area contributed by atoms with Crippen LogP contribution in [0.25, 0.3) is 0 Å². The molecule has 0 saturated heterocycles. The number of hydrogen-bond acceptors (Lipinski definition) is 3. The third-order valence-corrected chi connectivity index (χ3v) is 6.80. The fourth-order valence-corrected chi connectivity index (χ4v) is 4.76. The summed E-state index contributed by atoms with van der Waals surface area (Å²) in [6, 6.07) is 0. The van der Waals surface area contributed by atoms with E-state index >= 15 is 0 Å². The summed E-state index contributed by atoms with van der Waals surface area (Å²) in [7, 11) is 0. The van der Waals surface area contributed by atoms with Crippen molar-refractivity contribution in [2.45, 2.75) is 135 Å². The van der Waals surface area contributed by atoms with Crippen molar-refractivity contribution in [3.8, 4) is 0 Å². The van der Waals surface area contributed by atoms with Crippen molar-refractivity contribution in [3.05, 3.63) is 12.2 Å². The number of hydrogen-bond donors (Lipinski definition) is 1. The fraction of sp³-hybridized carbons (Fsp3) is 0.857. The lowest BCUT2D eigenvalue weighted by molar-refractivity contribution is -0.159. The first-order valence-electron chi connectivity index (χ1n) is 13.7. The van der Waals surface area contributed by atoms with Gasteiger partial charge in [0.05, 0.1) is 18.4 Å². The second-order valence-corrected chi connectivity index (χ2v) is 9.62. The molecule has 1 aliphatic carbocycles. The molecule has 0 heterocycles. The number of ether oxygens (including phenoxy) is 1. The van der Waals surface area contributed by atoms with Crippen LogP contribution in [0.15, 0.2) is 12.2 Å². The lowest BCUT2D eigenvalue weighted by atomic mass is 9.79. The minimum absolute atomic E-state index is 0.291. The van der Waals surface area contributed by atoms with Crippen molar-refractivity contribution in [1.29, 1.82) is 0 Å². The van der Waals surface area contributed by atoms with E-state index in [0.29, 0.717) is 19.4 Å². The fourth-order valence-electron chi connectivity index (χ4n) is 4.76. The monoisotopic (exact) mass is 450 g/mol. The molecular weight excluding hydrogens is 400 g/mol. The first-order valence-corrected chi connectivity index (χ1v) is 13.7. The van der Waals surface area contributed by atoms with Gasteiger partial charge in [-0.1, -0.05) is 109 Å². The highest BCUT2D eigenvalue weighted by Gasteiger charge is 2.36. The molecule has 0 spiro atoms. The van der Waals surface area contributed by atoms with Gasteiger partial charge in [0.1, 0.15) is 0 Å². The minimum Gasteiger partial charge on any atom is -0.481 e. The van der Waals surface area contributed by atoms with Crippen LogP contribution in [0.1, 0.15) is 135 Å². The van der Waals surface area contributed by atoms with Crippen LogP contribution in [0, 0.1) is 11.8 Å². The molecule has 4 nitrogen and oxygen atoms in total. The van der Waals surface area contributed by atoms with E-state index in [0.717, 1.165) is 32.1 Å². The van der Waals surface area contributed by atoms with Crippen molar-refractivity contribution in [1.82, 2.24) is 0 Å². The second kappa shape index (κ2) is 20.3. The van der Waals surface area contributed by atoms with Crippen molar-refractivity contribution in [2.75, 3.05) is 6.61 Å². The van der Waals surface area contributed by atoms with Crippen molar-refractivity contribution in [2.24, 2.45) is 11.8 Å². The first kappa shape index (κ1) is 28.7. The zero-order valence-corrected chi connectivity index (χ0v) is 20.8. The molecular formula is C28H50O4. The van der Waals surface area contributed by atoms with Crippen molar-refractivity contribution < 1.29 is 19.4 Å². The number of esters is 1. The number of carboxylic acids is 1. The third-order valence-electron chi connectivity index (χ3n) is 6.80. The largest absolute Gasteiger partial charge is 0.481 e. The average Bonchev–Trinajstić information content (AvgIpc) is 2.80. The molecule has 4 heteroatoms. The van der Waals surface area contributed by atoms with Gasteiger partial charge in [-0.05, 0) is 38.5 Å². The standard InChI is InChI=1S/C28H50O4/c1-2-3-4-5-6-7-8-9-10-11-12-13-14-15-16-17-18-21-24-32-28(31)26-23-20-19-22-25(26)27(29)30/h3-4,25-26H,2,5-24H2,1H3,(H,29,30)/b4-3+. The number of carboxylic acid groups (broad SMARTS) is 1. The van der Waals surface area contributed by atoms with Crippen LogP contribution in [-0.2, 0) is 14.3 Å². The van der Waals surface area contributed by atoms with Gasteiger partial charge in [-0.3, -0.25) is 9.59 Å². The maximum Gasteiger partial charge on any atom is 0.309 e. The Kier molecular flexibility index (Phi) is 18.2. The summed E-state index contributed by atoms with van der Waals surface area (Å²) in [5.41, 5.74) is 0. The zero-order valence-electron chi connectivity index (χ0n) is 20.8. The van der Waals surface area contributed by atoms with Gasteiger partial charge in [-0.25, -0.2) is 0 Å². The number of aliphatic carboxylic acids is 1. The Bertz CT molecular complexity index is 500. The van der Waals surface area contributed by atoms with Crippen LogP contribution in [0.2, 0.25) is 0 Å². The molecule has 0 amide bonds. The Morgan fingerprint density at radius 1 is 0.719 bits per heavy atom. The number of carbonyl (C=O) groups excluding carboxylic acids is 1. The first-order chi connectivity index (χ1) is 15.7. The molecule has 186 valence electrons.